The van der Waals surface area contributed by atoms with Gasteiger partial charge in [0.05, 0.1) is 6.04 Å². The number of nitrogens with two attached hydrogens (primary N) is 1. The minimum Gasteiger partial charge on any atom is -0.339 e. The van der Waals surface area contributed by atoms with E-state index in [0.29, 0.717) is 18.1 Å². The highest BCUT2D eigenvalue weighted by atomic mass is 15.4. The van der Waals surface area contributed by atoms with E-state index in [9.17, 15) is 0 Å². The third kappa shape index (κ3) is 2.47. The molecule has 3 N–H and O–H groups in total. The molecule has 0 aromatic rings. The Bertz CT molecular complexity index is 262. The van der Waals surface area contributed by atoms with E-state index in [1.165, 1.54) is 12.8 Å². The quantitative estimate of drug-likeness (QED) is 0.285. The molecule has 1 aliphatic carbocycles. The van der Waals surface area contributed by atoms with Crippen LogP contribution in [0.5, 0.6) is 0 Å². The van der Waals surface area contributed by atoms with Crippen molar-refractivity contribution < 1.29 is 0 Å². The average Bonchev–Trinajstić information content (AvgIpc) is 3.05. The van der Waals surface area contributed by atoms with Crippen molar-refractivity contribution in [2.45, 2.75) is 44.8 Å². The maximum atomic E-state index is 5.57. The summed E-state index contributed by atoms with van der Waals surface area (Å²) in [4.78, 5) is 9.29. The molecular weight excluding hydrogens is 202 g/mol. The number of hydrazine groups is 1. The third-order valence-corrected chi connectivity index (χ3v) is 3.64. The van der Waals surface area contributed by atoms with E-state index in [1.54, 1.807) is 0 Å². The van der Waals surface area contributed by atoms with Crippen LogP contribution in [-0.2, 0) is 0 Å². The zero-order chi connectivity index (χ0) is 11.7. The molecule has 2 rings (SSSR count). The van der Waals surface area contributed by atoms with Gasteiger partial charge in [-0.2, -0.15) is 0 Å². The maximum Gasteiger partial charge on any atom is 0.208 e. The van der Waals surface area contributed by atoms with Gasteiger partial charge in [0.15, 0.2) is 0 Å². The first kappa shape index (κ1) is 11.7. The fraction of sp³-hybridized carbons (Fsp3) is 0.909. The fourth-order valence-corrected chi connectivity index (χ4v) is 2.16. The van der Waals surface area contributed by atoms with E-state index in [0.717, 1.165) is 19.0 Å². The highest BCUT2D eigenvalue weighted by molar-refractivity contribution is 5.80. The Labute approximate surface area is 97.7 Å². The van der Waals surface area contributed by atoms with E-state index < -0.39 is 0 Å². The lowest BCUT2D eigenvalue weighted by molar-refractivity contribution is 0.0966. The first-order valence-electron chi connectivity index (χ1n) is 6.13. The van der Waals surface area contributed by atoms with Crippen LogP contribution in [0.1, 0.15) is 26.7 Å². The summed E-state index contributed by atoms with van der Waals surface area (Å²) in [6.07, 6.45) is 2.42. The number of aliphatic imine (C=N–C) groups is 1. The van der Waals surface area contributed by atoms with Crippen LogP contribution in [-0.4, -0.2) is 54.0 Å². The molecule has 1 aliphatic heterocycles. The molecule has 92 valence electrons. The van der Waals surface area contributed by atoms with Crippen molar-refractivity contribution in [3.8, 4) is 0 Å². The Kier molecular flexibility index (Phi) is 3.35. The highest BCUT2D eigenvalue weighted by Crippen LogP contribution is 2.24. The van der Waals surface area contributed by atoms with Gasteiger partial charge >= 0.3 is 0 Å². The lowest BCUT2D eigenvalue weighted by Gasteiger charge is -2.43. The van der Waals surface area contributed by atoms with Crippen molar-refractivity contribution in [3.63, 3.8) is 0 Å². The molecule has 5 heteroatoms. The van der Waals surface area contributed by atoms with Crippen LogP contribution in [0.25, 0.3) is 0 Å². The van der Waals surface area contributed by atoms with Crippen LogP contribution < -0.4 is 11.3 Å². The van der Waals surface area contributed by atoms with Gasteiger partial charge in [0.1, 0.15) is 0 Å². The summed E-state index contributed by atoms with van der Waals surface area (Å²) in [5.74, 6) is 6.44. The normalized spacial score (nSPS) is 33.0. The number of piperazine rings is 1. The molecule has 2 fully saturated rings. The van der Waals surface area contributed by atoms with Crippen molar-refractivity contribution in [1.82, 2.24) is 15.2 Å². The zero-order valence-electron chi connectivity index (χ0n) is 10.5. The molecule has 0 aromatic carbocycles. The van der Waals surface area contributed by atoms with Gasteiger partial charge in [-0.25, -0.2) is 10.8 Å². The minimum atomic E-state index is 0.510. The topological polar surface area (TPSA) is 56.9 Å². The number of hydrogen-bond donors (Lipinski definition) is 2. The molecule has 0 radical (unpaired) electrons. The van der Waals surface area contributed by atoms with Crippen molar-refractivity contribution in [2.75, 3.05) is 20.1 Å². The van der Waals surface area contributed by atoms with Gasteiger partial charge < -0.3 is 4.90 Å². The van der Waals surface area contributed by atoms with Crippen LogP contribution in [0.2, 0.25) is 0 Å². The molecule has 16 heavy (non-hydrogen) atoms. The Morgan fingerprint density at radius 3 is 2.25 bits per heavy atom. The van der Waals surface area contributed by atoms with Crippen molar-refractivity contribution >= 4 is 5.96 Å². The summed E-state index contributed by atoms with van der Waals surface area (Å²) in [6, 6.07) is 1.60. The first-order chi connectivity index (χ1) is 7.61. The van der Waals surface area contributed by atoms with E-state index in [1.807, 2.05) is 0 Å². The van der Waals surface area contributed by atoms with Crippen LogP contribution in [0.4, 0.5) is 0 Å². The molecule has 0 bridgehead atoms. The smallest absolute Gasteiger partial charge is 0.208 e. The van der Waals surface area contributed by atoms with Gasteiger partial charge in [-0.15, -0.1) is 0 Å². The molecule has 0 amide bonds. The molecule has 2 unspecified atom stereocenters. The highest BCUT2D eigenvalue weighted by Gasteiger charge is 2.29. The average molecular weight is 225 g/mol. The van der Waals surface area contributed by atoms with Crippen LogP contribution >= 0.6 is 0 Å². The van der Waals surface area contributed by atoms with E-state index >= 15 is 0 Å². The zero-order valence-corrected chi connectivity index (χ0v) is 10.5. The molecule has 1 heterocycles. The number of guanidine groups is 1. The summed E-state index contributed by atoms with van der Waals surface area (Å²) in [6.45, 7) is 6.48. The molecular formula is C11H23N5. The van der Waals surface area contributed by atoms with E-state index in [2.05, 4.69) is 41.1 Å². The van der Waals surface area contributed by atoms with Crippen LogP contribution in [0, 0.1) is 0 Å². The Morgan fingerprint density at radius 1 is 1.25 bits per heavy atom. The van der Waals surface area contributed by atoms with Gasteiger partial charge in [-0.3, -0.25) is 10.3 Å². The summed E-state index contributed by atoms with van der Waals surface area (Å²) >= 11 is 0. The molecule has 0 aromatic heterocycles. The van der Waals surface area contributed by atoms with E-state index in [4.69, 9.17) is 5.84 Å². The number of likely N-dealkylation sites (N-methyl/N-ethyl adjacent to an activating group) is 1. The molecule has 2 aliphatic rings. The molecule has 1 saturated carbocycles. The number of hydrogen-bond acceptors (Lipinski definition) is 3. The largest absolute Gasteiger partial charge is 0.339 e. The number of rotatable bonds is 1. The monoisotopic (exact) mass is 225 g/mol. The first-order valence-corrected chi connectivity index (χ1v) is 6.13. The summed E-state index contributed by atoms with van der Waals surface area (Å²) in [5.41, 5.74) is 2.76. The van der Waals surface area contributed by atoms with Crippen LogP contribution in [0.3, 0.4) is 0 Å². The second-order valence-corrected chi connectivity index (χ2v) is 5.10. The van der Waals surface area contributed by atoms with Crippen molar-refractivity contribution in [3.05, 3.63) is 0 Å². The molecule has 2 atom stereocenters. The Hall–Kier alpha value is -0.810. The predicted octanol–water partition coefficient (Wildman–Crippen LogP) is -0.00750. The van der Waals surface area contributed by atoms with Gasteiger partial charge in [0, 0.05) is 25.2 Å². The van der Waals surface area contributed by atoms with Gasteiger partial charge in [0.2, 0.25) is 5.96 Å². The predicted molar refractivity (Wildman–Crippen MR) is 66.0 cm³/mol. The van der Waals surface area contributed by atoms with E-state index in [-0.39, 0.29) is 0 Å². The maximum absolute atomic E-state index is 5.57. The Balaban J connectivity index is 2.02. The van der Waals surface area contributed by atoms with Crippen molar-refractivity contribution in [1.29, 1.82) is 0 Å². The van der Waals surface area contributed by atoms with Gasteiger partial charge in [-0.1, -0.05) is 0 Å². The summed E-state index contributed by atoms with van der Waals surface area (Å²) in [7, 11) is 2.18. The third-order valence-electron chi connectivity index (χ3n) is 3.64. The summed E-state index contributed by atoms with van der Waals surface area (Å²) < 4.78 is 0. The van der Waals surface area contributed by atoms with Crippen LogP contribution in [0.15, 0.2) is 4.99 Å². The second-order valence-electron chi connectivity index (χ2n) is 5.10. The summed E-state index contributed by atoms with van der Waals surface area (Å²) in [5, 5.41) is 0. The SMILES string of the molecule is CC1CN(C(=NC2CC2)NN)CC(C)N1C. The van der Waals surface area contributed by atoms with Gasteiger partial charge in [-0.05, 0) is 33.7 Å². The second kappa shape index (κ2) is 4.59. The Morgan fingerprint density at radius 2 is 1.81 bits per heavy atom. The van der Waals surface area contributed by atoms with Crippen molar-refractivity contribution in [2.24, 2.45) is 10.8 Å². The lowest BCUT2D eigenvalue weighted by atomic mass is 10.1. The number of nitrogens with zero attached hydrogens (tertiary/aromatic N) is 3. The number of nitrogens with one attached hydrogen (secondary N) is 1. The molecule has 5 nitrogen and oxygen atoms in total. The van der Waals surface area contributed by atoms with Gasteiger partial charge in [0.25, 0.3) is 0 Å². The standard InChI is InChI=1S/C11H23N5/c1-8-6-16(7-9(2)15(8)3)11(14-12)13-10-4-5-10/h8-10H,4-7,12H2,1-3H3,(H,13,14). The minimum absolute atomic E-state index is 0.510. The fourth-order valence-electron chi connectivity index (χ4n) is 2.16. The molecule has 1 saturated heterocycles. The lowest BCUT2D eigenvalue weighted by Crippen LogP contribution is -2.59. The molecule has 0 spiro atoms.